The first kappa shape index (κ1) is 12.3. The molecule has 2 unspecified atom stereocenters. The number of pyridine rings is 1. The topological polar surface area (TPSA) is 56.6 Å². The molecule has 2 N–H and O–H groups in total. The molecule has 4 nitrogen and oxygen atoms in total. The number of aliphatic hydroxyl groups is 2. The third-order valence-corrected chi connectivity index (χ3v) is 3.47. The zero-order valence-electron chi connectivity index (χ0n) is 10.4. The molecular formula is C13H20N2O2. The zero-order valence-corrected chi connectivity index (χ0v) is 10.4. The predicted molar refractivity (Wildman–Crippen MR) is 66.9 cm³/mol. The second-order valence-electron chi connectivity index (χ2n) is 4.85. The van der Waals surface area contributed by atoms with E-state index in [4.69, 9.17) is 0 Å². The summed E-state index contributed by atoms with van der Waals surface area (Å²) in [6.45, 7) is 5.41. The van der Waals surface area contributed by atoms with E-state index in [9.17, 15) is 10.2 Å². The Morgan fingerprint density at radius 3 is 2.59 bits per heavy atom. The van der Waals surface area contributed by atoms with Gasteiger partial charge < -0.3 is 15.1 Å². The van der Waals surface area contributed by atoms with Gasteiger partial charge in [-0.1, -0.05) is 0 Å². The Balaban J connectivity index is 2.04. The molecule has 1 aromatic rings. The highest BCUT2D eigenvalue weighted by atomic mass is 16.3. The van der Waals surface area contributed by atoms with Crippen LogP contribution in [0.1, 0.15) is 32.1 Å². The van der Waals surface area contributed by atoms with Crippen molar-refractivity contribution in [3.05, 3.63) is 24.0 Å². The lowest BCUT2D eigenvalue weighted by Gasteiger charge is -2.19. The molecule has 3 atom stereocenters. The quantitative estimate of drug-likeness (QED) is 0.831. The number of nitrogens with zero attached hydrogens (tertiary/aromatic N) is 2. The Bertz CT molecular complexity index is 362. The third-order valence-electron chi connectivity index (χ3n) is 3.47. The van der Waals surface area contributed by atoms with E-state index in [1.165, 1.54) is 0 Å². The smallest absolute Gasteiger partial charge is 0.0931 e. The molecule has 0 radical (unpaired) electrons. The first-order valence-corrected chi connectivity index (χ1v) is 6.15. The summed E-state index contributed by atoms with van der Waals surface area (Å²) in [4.78, 5) is 6.47. The Kier molecular flexibility index (Phi) is 3.64. The molecule has 2 rings (SSSR count). The highest BCUT2D eigenvalue weighted by molar-refractivity contribution is 5.45. The van der Waals surface area contributed by atoms with Crippen molar-refractivity contribution in [3.8, 4) is 0 Å². The van der Waals surface area contributed by atoms with Crippen LogP contribution in [-0.4, -0.2) is 34.4 Å². The molecule has 1 aliphatic rings. The summed E-state index contributed by atoms with van der Waals surface area (Å²) in [5, 5.41) is 18.9. The summed E-state index contributed by atoms with van der Waals surface area (Å²) in [5.74, 6) is 0.353. The number of hydrogen-bond acceptors (Lipinski definition) is 4. The molecular weight excluding hydrogens is 216 g/mol. The molecule has 0 spiro atoms. The van der Waals surface area contributed by atoms with Gasteiger partial charge in [0, 0.05) is 19.0 Å². The minimum Gasteiger partial charge on any atom is -0.393 e. The number of aromatic nitrogens is 1. The van der Waals surface area contributed by atoms with Gasteiger partial charge in [0.15, 0.2) is 0 Å². The van der Waals surface area contributed by atoms with Crippen LogP contribution in [0.15, 0.2) is 18.3 Å². The molecule has 1 saturated heterocycles. The average Bonchev–Trinajstić information content (AvgIpc) is 2.78. The highest BCUT2D eigenvalue weighted by Gasteiger charge is 2.26. The van der Waals surface area contributed by atoms with Gasteiger partial charge in [-0.2, -0.15) is 0 Å². The fourth-order valence-corrected chi connectivity index (χ4v) is 2.25. The van der Waals surface area contributed by atoms with Crippen LogP contribution >= 0.6 is 0 Å². The molecule has 0 saturated carbocycles. The van der Waals surface area contributed by atoms with E-state index in [1.807, 2.05) is 19.1 Å². The standard InChI is InChI=1S/C13H20N2O2/c1-9(16)11-5-6-15(8-11)12-3-4-13(10(2)17)14-7-12/h3-4,7,9-11,16-17H,5-6,8H2,1-2H3/t9?,10-,11?/m1/s1. The van der Waals surface area contributed by atoms with Crippen molar-refractivity contribution in [1.82, 2.24) is 4.98 Å². The van der Waals surface area contributed by atoms with E-state index in [1.54, 1.807) is 13.1 Å². The number of anilines is 1. The molecule has 17 heavy (non-hydrogen) atoms. The summed E-state index contributed by atoms with van der Waals surface area (Å²) >= 11 is 0. The fraction of sp³-hybridized carbons (Fsp3) is 0.615. The van der Waals surface area contributed by atoms with Gasteiger partial charge in [0.1, 0.15) is 0 Å². The van der Waals surface area contributed by atoms with Crippen LogP contribution in [0.2, 0.25) is 0 Å². The molecule has 0 bridgehead atoms. The Morgan fingerprint density at radius 1 is 1.35 bits per heavy atom. The summed E-state index contributed by atoms with van der Waals surface area (Å²) < 4.78 is 0. The second-order valence-corrected chi connectivity index (χ2v) is 4.85. The monoisotopic (exact) mass is 236 g/mol. The maximum absolute atomic E-state index is 9.56. The Hall–Kier alpha value is -1.13. The van der Waals surface area contributed by atoms with Crippen molar-refractivity contribution in [2.75, 3.05) is 18.0 Å². The van der Waals surface area contributed by atoms with Gasteiger partial charge in [0.2, 0.25) is 0 Å². The van der Waals surface area contributed by atoms with Crippen LogP contribution in [0.25, 0.3) is 0 Å². The van der Waals surface area contributed by atoms with Crippen molar-refractivity contribution in [2.24, 2.45) is 5.92 Å². The van der Waals surface area contributed by atoms with E-state index >= 15 is 0 Å². The molecule has 0 amide bonds. The molecule has 1 fully saturated rings. The van der Waals surface area contributed by atoms with E-state index in [0.29, 0.717) is 11.6 Å². The summed E-state index contributed by atoms with van der Waals surface area (Å²) in [6.07, 6.45) is 2.06. The van der Waals surface area contributed by atoms with Crippen LogP contribution in [0, 0.1) is 5.92 Å². The minimum absolute atomic E-state index is 0.246. The van der Waals surface area contributed by atoms with E-state index in [0.717, 1.165) is 25.2 Å². The van der Waals surface area contributed by atoms with Crippen molar-refractivity contribution < 1.29 is 10.2 Å². The zero-order chi connectivity index (χ0) is 12.4. The molecule has 4 heteroatoms. The summed E-state index contributed by atoms with van der Waals surface area (Å²) in [7, 11) is 0. The van der Waals surface area contributed by atoms with Crippen molar-refractivity contribution >= 4 is 5.69 Å². The van der Waals surface area contributed by atoms with Crippen LogP contribution in [0.3, 0.4) is 0 Å². The first-order chi connectivity index (χ1) is 8.08. The SMILES string of the molecule is CC(O)C1CCN(c2ccc([C@@H](C)O)nc2)C1. The van der Waals surface area contributed by atoms with Gasteiger partial charge in [0.05, 0.1) is 29.8 Å². The fourth-order valence-electron chi connectivity index (χ4n) is 2.25. The Morgan fingerprint density at radius 2 is 2.12 bits per heavy atom. The molecule has 94 valence electrons. The molecule has 0 aliphatic carbocycles. The van der Waals surface area contributed by atoms with Crippen molar-refractivity contribution in [1.29, 1.82) is 0 Å². The second kappa shape index (κ2) is 5.02. The van der Waals surface area contributed by atoms with Gasteiger partial charge in [-0.25, -0.2) is 0 Å². The highest BCUT2D eigenvalue weighted by Crippen LogP contribution is 2.25. The van der Waals surface area contributed by atoms with E-state index in [-0.39, 0.29) is 6.10 Å². The van der Waals surface area contributed by atoms with Crippen LogP contribution in [0.5, 0.6) is 0 Å². The van der Waals surface area contributed by atoms with Crippen molar-refractivity contribution in [3.63, 3.8) is 0 Å². The first-order valence-electron chi connectivity index (χ1n) is 6.15. The maximum Gasteiger partial charge on any atom is 0.0931 e. The molecule has 1 aromatic heterocycles. The number of hydrogen-bond donors (Lipinski definition) is 2. The van der Waals surface area contributed by atoms with Crippen molar-refractivity contribution in [2.45, 2.75) is 32.5 Å². The average molecular weight is 236 g/mol. The third kappa shape index (κ3) is 2.76. The lowest BCUT2D eigenvalue weighted by atomic mass is 10.0. The lowest BCUT2D eigenvalue weighted by molar-refractivity contribution is 0.136. The maximum atomic E-state index is 9.56. The summed E-state index contributed by atoms with van der Waals surface area (Å²) in [6, 6.07) is 3.84. The van der Waals surface area contributed by atoms with Gasteiger partial charge in [0.25, 0.3) is 0 Å². The minimum atomic E-state index is -0.521. The van der Waals surface area contributed by atoms with E-state index < -0.39 is 6.10 Å². The summed E-state index contributed by atoms with van der Waals surface area (Å²) in [5.41, 5.74) is 1.76. The van der Waals surface area contributed by atoms with Gasteiger partial charge in [-0.3, -0.25) is 4.98 Å². The van der Waals surface area contributed by atoms with Gasteiger partial charge in [-0.05, 0) is 32.4 Å². The largest absolute Gasteiger partial charge is 0.393 e. The molecule has 1 aliphatic heterocycles. The predicted octanol–water partition coefficient (Wildman–Crippen LogP) is 1.34. The number of aliphatic hydroxyl groups excluding tert-OH is 2. The molecule has 0 aromatic carbocycles. The number of rotatable bonds is 3. The Labute approximate surface area is 102 Å². The van der Waals surface area contributed by atoms with Gasteiger partial charge >= 0.3 is 0 Å². The normalized spacial score (nSPS) is 23.8. The van der Waals surface area contributed by atoms with Crippen LogP contribution in [-0.2, 0) is 0 Å². The van der Waals surface area contributed by atoms with E-state index in [2.05, 4.69) is 9.88 Å². The van der Waals surface area contributed by atoms with Crippen LogP contribution < -0.4 is 4.90 Å². The van der Waals surface area contributed by atoms with Gasteiger partial charge in [-0.15, -0.1) is 0 Å². The lowest BCUT2D eigenvalue weighted by Crippen LogP contribution is -2.24. The van der Waals surface area contributed by atoms with Crippen LogP contribution in [0.4, 0.5) is 5.69 Å². The molecule has 2 heterocycles.